The summed E-state index contributed by atoms with van der Waals surface area (Å²) in [6.45, 7) is 0. The van der Waals surface area contributed by atoms with E-state index >= 15 is 0 Å². The van der Waals surface area contributed by atoms with Gasteiger partial charge in [-0.25, -0.2) is 0 Å². The maximum Gasteiger partial charge on any atom is 0.00569 e. The number of fused-ring (bicyclic) bond motifs is 3. The highest BCUT2D eigenvalue weighted by molar-refractivity contribution is 7.67. The van der Waals surface area contributed by atoms with Gasteiger partial charge in [0.2, 0.25) is 0 Å². The lowest BCUT2D eigenvalue weighted by Crippen LogP contribution is -2.14. The molecule has 4 atom stereocenters. The van der Waals surface area contributed by atoms with Crippen LogP contribution >= 0.6 is 7.92 Å². The molecule has 3 aliphatic rings. The average molecular weight is 240 g/mol. The molecular formula is C16H17P. The molecule has 0 N–H and O–H groups in total. The summed E-state index contributed by atoms with van der Waals surface area (Å²) in [4.78, 5) is 0. The maximum absolute atomic E-state index is 2.54. The molecule has 0 aromatic heterocycles. The first-order valence-corrected chi connectivity index (χ1v) is 8.13. The lowest BCUT2D eigenvalue weighted by Gasteiger charge is -2.24. The standard InChI is InChI=1S/C16H17P/c1-2-6-12(7-3-1)17-15-10-4-8-13(15)14-9-5-11-16(14)17/h1-4,6-9,13,15-16H,5,10-11H2/t13-,15?,16+,17?/m1/s1. The Morgan fingerprint density at radius 3 is 2.88 bits per heavy atom. The van der Waals surface area contributed by atoms with Gasteiger partial charge in [-0.3, -0.25) is 0 Å². The van der Waals surface area contributed by atoms with Crippen LogP contribution in [0.2, 0.25) is 0 Å². The van der Waals surface area contributed by atoms with Crippen molar-refractivity contribution in [3.8, 4) is 0 Å². The third-order valence-corrected chi connectivity index (χ3v) is 7.84. The van der Waals surface area contributed by atoms with Crippen LogP contribution < -0.4 is 5.30 Å². The molecule has 0 bridgehead atoms. The van der Waals surface area contributed by atoms with E-state index in [1.54, 1.807) is 10.9 Å². The fourth-order valence-corrected chi connectivity index (χ4v) is 7.54. The summed E-state index contributed by atoms with van der Waals surface area (Å²) in [6.07, 6.45) is 11.5. The van der Waals surface area contributed by atoms with Gasteiger partial charge in [0.25, 0.3) is 0 Å². The molecule has 0 radical (unpaired) electrons. The number of rotatable bonds is 1. The van der Waals surface area contributed by atoms with Crippen molar-refractivity contribution in [3.63, 3.8) is 0 Å². The quantitative estimate of drug-likeness (QED) is 0.517. The molecule has 2 aliphatic carbocycles. The van der Waals surface area contributed by atoms with Crippen LogP contribution in [-0.2, 0) is 0 Å². The minimum Gasteiger partial charge on any atom is -0.0872 e. The highest BCUT2D eigenvalue weighted by Gasteiger charge is 2.48. The Balaban J connectivity index is 1.79. The first-order valence-electron chi connectivity index (χ1n) is 6.65. The van der Waals surface area contributed by atoms with E-state index < -0.39 is 0 Å². The number of hydrogen-bond donors (Lipinski definition) is 0. The van der Waals surface area contributed by atoms with Gasteiger partial charge in [-0.15, -0.1) is 0 Å². The first kappa shape index (κ1) is 10.1. The van der Waals surface area contributed by atoms with Gasteiger partial charge in [0.1, 0.15) is 0 Å². The highest BCUT2D eigenvalue weighted by Crippen LogP contribution is 2.65. The zero-order valence-corrected chi connectivity index (χ0v) is 10.8. The summed E-state index contributed by atoms with van der Waals surface area (Å²) in [5.74, 6) is 0.800. The average Bonchev–Trinajstić information content (AvgIpc) is 3.01. The van der Waals surface area contributed by atoms with Crippen LogP contribution in [0.15, 0.2) is 54.1 Å². The minimum absolute atomic E-state index is 0.0482. The fraction of sp³-hybridized carbons (Fsp3) is 0.375. The lowest BCUT2D eigenvalue weighted by molar-refractivity contribution is 0.763. The second-order valence-corrected chi connectivity index (χ2v) is 7.91. The van der Waals surface area contributed by atoms with Crippen LogP contribution in [0.1, 0.15) is 19.3 Å². The molecule has 0 nitrogen and oxygen atoms in total. The second kappa shape index (κ2) is 3.82. The van der Waals surface area contributed by atoms with Gasteiger partial charge in [0, 0.05) is 11.6 Å². The molecule has 1 saturated heterocycles. The van der Waals surface area contributed by atoms with Crippen molar-refractivity contribution in [1.82, 2.24) is 0 Å². The largest absolute Gasteiger partial charge is 0.0872 e. The summed E-state index contributed by atoms with van der Waals surface area (Å²) in [7, 11) is 0.0482. The first-order chi connectivity index (χ1) is 8.45. The molecule has 1 heteroatoms. The smallest absolute Gasteiger partial charge is 0.00569 e. The molecule has 4 rings (SSSR count). The summed E-state index contributed by atoms with van der Waals surface area (Å²) in [6, 6.07) is 11.3. The van der Waals surface area contributed by atoms with Crippen LogP contribution in [0.3, 0.4) is 0 Å². The topological polar surface area (TPSA) is 0 Å². The summed E-state index contributed by atoms with van der Waals surface area (Å²) < 4.78 is 0. The number of hydrogen-bond acceptors (Lipinski definition) is 0. The molecule has 1 heterocycles. The monoisotopic (exact) mass is 240 g/mol. The zero-order valence-electron chi connectivity index (χ0n) is 9.92. The van der Waals surface area contributed by atoms with E-state index in [1.165, 1.54) is 19.3 Å². The van der Waals surface area contributed by atoms with Crippen molar-refractivity contribution in [2.24, 2.45) is 5.92 Å². The number of allylic oxidation sites excluding steroid dienone is 4. The molecule has 86 valence electrons. The summed E-state index contributed by atoms with van der Waals surface area (Å²) in [5, 5.41) is 1.64. The SMILES string of the molecule is C1=C[C@@H]2C3=CCC[C@@H]3P(c3ccccc3)C2C1. The van der Waals surface area contributed by atoms with E-state index in [-0.39, 0.29) is 7.92 Å². The van der Waals surface area contributed by atoms with Crippen LogP contribution in [0, 0.1) is 5.92 Å². The third kappa shape index (κ3) is 1.40. The van der Waals surface area contributed by atoms with Crippen LogP contribution in [-0.4, -0.2) is 11.3 Å². The molecular weight excluding hydrogens is 223 g/mol. The molecule has 1 aromatic rings. The Bertz CT molecular complexity index is 486. The summed E-state index contributed by atoms with van der Waals surface area (Å²) in [5.41, 5.74) is 3.62. The van der Waals surface area contributed by atoms with E-state index in [1.807, 2.05) is 0 Å². The van der Waals surface area contributed by atoms with E-state index in [4.69, 9.17) is 0 Å². The normalized spacial score (nSPS) is 38.0. The van der Waals surface area contributed by atoms with Crippen molar-refractivity contribution in [3.05, 3.63) is 54.1 Å². The fourth-order valence-electron chi connectivity index (χ4n) is 3.83. The van der Waals surface area contributed by atoms with Gasteiger partial charge in [-0.05, 0) is 30.2 Å². The Morgan fingerprint density at radius 2 is 2.00 bits per heavy atom. The molecule has 0 saturated carbocycles. The van der Waals surface area contributed by atoms with E-state index in [0.29, 0.717) is 0 Å². The molecule has 0 spiro atoms. The minimum atomic E-state index is 0.0482. The van der Waals surface area contributed by atoms with Crippen molar-refractivity contribution >= 4 is 13.2 Å². The summed E-state index contributed by atoms with van der Waals surface area (Å²) >= 11 is 0. The molecule has 1 aliphatic heterocycles. The van der Waals surface area contributed by atoms with Crippen LogP contribution in [0.5, 0.6) is 0 Å². The molecule has 1 aromatic carbocycles. The maximum atomic E-state index is 2.54. The van der Waals surface area contributed by atoms with Gasteiger partial charge in [0.15, 0.2) is 0 Å². The molecule has 2 unspecified atom stereocenters. The van der Waals surface area contributed by atoms with Gasteiger partial charge in [-0.2, -0.15) is 0 Å². The Kier molecular flexibility index (Phi) is 2.27. The van der Waals surface area contributed by atoms with Crippen LogP contribution in [0.4, 0.5) is 0 Å². The Morgan fingerprint density at radius 1 is 1.12 bits per heavy atom. The van der Waals surface area contributed by atoms with Crippen molar-refractivity contribution in [1.29, 1.82) is 0 Å². The molecule has 0 amide bonds. The van der Waals surface area contributed by atoms with Gasteiger partial charge < -0.3 is 0 Å². The van der Waals surface area contributed by atoms with Gasteiger partial charge >= 0.3 is 0 Å². The van der Waals surface area contributed by atoms with Crippen LogP contribution in [0.25, 0.3) is 0 Å². The number of benzene rings is 1. The van der Waals surface area contributed by atoms with Crippen molar-refractivity contribution in [2.75, 3.05) is 0 Å². The Hall–Kier alpha value is -0.870. The lowest BCUT2D eigenvalue weighted by atomic mass is 9.98. The Labute approximate surface area is 104 Å². The van der Waals surface area contributed by atoms with Crippen molar-refractivity contribution < 1.29 is 0 Å². The molecule has 1 fully saturated rings. The predicted octanol–water partition coefficient (Wildman–Crippen LogP) is 3.84. The van der Waals surface area contributed by atoms with E-state index in [9.17, 15) is 0 Å². The second-order valence-electron chi connectivity index (χ2n) is 5.30. The van der Waals surface area contributed by atoms with Crippen molar-refractivity contribution in [2.45, 2.75) is 30.6 Å². The molecule has 17 heavy (non-hydrogen) atoms. The van der Waals surface area contributed by atoms with Gasteiger partial charge in [0.05, 0.1) is 0 Å². The zero-order chi connectivity index (χ0) is 11.2. The predicted molar refractivity (Wildman–Crippen MR) is 75.1 cm³/mol. The van der Waals surface area contributed by atoms with E-state index in [2.05, 4.69) is 48.6 Å². The highest BCUT2D eigenvalue weighted by atomic mass is 31.1. The van der Waals surface area contributed by atoms with Gasteiger partial charge in [-0.1, -0.05) is 62.1 Å². The van der Waals surface area contributed by atoms with E-state index in [0.717, 1.165) is 17.2 Å². The third-order valence-electron chi connectivity index (χ3n) is 4.47.